The molecule has 1 aromatic carbocycles. The van der Waals surface area contributed by atoms with E-state index >= 15 is 0 Å². The van der Waals surface area contributed by atoms with Crippen LogP contribution in [0.4, 0.5) is 10.2 Å². The van der Waals surface area contributed by atoms with E-state index in [1.807, 2.05) is 25.6 Å². The number of aromatic nitrogens is 1. The fourth-order valence-electron chi connectivity index (χ4n) is 2.30. The molecule has 0 saturated carbocycles. The Morgan fingerprint density at radius 1 is 1.19 bits per heavy atom. The second kappa shape index (κ2) is 11.6. The van der Waals surface area contributed by atoms with Crippen molar-refractivity contribution < 1.29 is 13.9 Å². The Bertz CT molecular complexity index is 696. The Balaban J connectivity index is 0.000000238. The van der Waals surface area contributed by atoms with E-state index in [1.165, 1.54) is 30.9 Å². The van der Waals surface area contributed by atoms with Crippen LogP contribution in [-0.4, -0.2) is 31.5 Å². The van der Waals surface area contributed by atoms with Crippen molar-refractivity contribution in [3.63, 3.8) is 0 Å². The fourth-order valence-corrected chi connectivity index (χ4v) is 3.15. The van der Waals surface area contributed by atoms with Crippen molar-refractivity contribution in [1.29, 1.82) is 0 Å². The molecule has 0 radical (unpaired) electrons. The number of methoxy groups -OCH3 is 2. The van der Waals surface area contributed by atoms with Crippen LogP contribution in [-0.2, 0) is 6.42 Å². The molecule has 4 nitrogen and oxygen atoms in total. The van der Waals surface area contributed by atoms with Crippen LogP contribution in [0.2, 0.25) is 0 Å². The molecule has 144 valence electrons. The predicted molar refractivity (Wildman–Crippen MR) is 108 cm³/mol. The van der Waals surface area contributed by atoms with Crippen molar-refractivity contribution in [2.24, 2.45) is 0 Å². The van der Waals surface area contributed by atoms with Crippen LogP contribution in [0.3, 0.4) is 0 Å². The van der Waals surface area contributed by atoms with E-state index in [0.717, 1.165) is 30.1 Å². The standard InChI is InChI=1S/C9H11FO2.C9H12N2S.C2H6/c1-6-4-7(10)9(12-3)8(5-6)11-2;1-2-7-3-4-8-9(11-7)10-5-6-12-8;1-2/h4-5H,1-3H3;3-4H,2,5-6H2,1H3,(H,10,11);1-2H3. The molecule has 0 amide bonds. The van der Waals surface area contributed by atoms with Gasteiger partial charge in [-0.25, -0.2) is 9.37 Å². The number of aryl methyl sites for hydroxylation is 2. The van der Waals surface area contributed by atoms with Gasteiger partial charge in [0.05, 0.1) is 14.2 Å². The monoisotopic (exact) mass is 380 g/mol. The summed E-state index contributed by atoms with van der Waals surface area (Å²) in [6.07, 6.45) is 1.01. The molecule has 0 unspecified atom stereocenters. The maximum atomic E-state index is 13.1. The SMILES string of the molecule is CC.CCc1ccc2c(n1)NCCS2.COc1cc(C)cc(F)c1OC. The average molecular weight is 381 g/mol. The summed E-state index contributed by atoms with van der Waals surface area (Å²) in [5.41, 5.74) is 1.98. The Morgan fingerprint density at radius 2 is 1.92 bits per heavy atom. The maximum Gasteiger partial charge on any atom is 0.196 e. The molecule has 3 rings (SSSR count). The summed E-state index contributed by atoms with van der Waals surface area (Å²) in [6.45, 7) is 8.97. The van der Waals surface area contributed by atoms with Crippen LogP contribution >= 0.6 is 11.8 Å². The minimum absolute atomic E-state index is 0.156. The number of hydrogen-bond acceptors (Lipinski definition) is 5. The van der Waals surface area contributed by atoms with Gasteiger partial charge in [-0.1, -0.05) is 20.8 Å². The number of ether oxygens (including phenoxy) is 2. The van der Waals surface area contributed by atoms with E-state index < -0.39 is 5.82 Å². The number of fused-ring (bicyclic) bond motifs is 1. The molecule has 1 aliphatic rings. The molecule has 0 bridgehead atoms. The molecule has 2 aromatic rings. The third-order valence-electron chi connectivity index (χ3n) is 3.51. The van der Waals surface area contributed by atoms with Gasteiger partial charge in [-0.2, -0.15) is 0 Å². The number of nitrogens with one attached hydrogen (secondary N) is 1. The van der Waals surface area contributed by atoms with Gasteiger partial charge in [-0.05, 0) is 43.2 Å². The summed E-state index contributed by atoms with van der Waals surface area (Å²) < 4.78 is 22.8. The molecule has 0 fully saturated rings. The van der Waals surface area contributed by atoms with Crippen molar-refractivity contribution in [2.45, 2.75) is 39.0 Å². The largest absolute Gasteiger partial charge is 0.493 e. The van der Waals surface area contributed by atoms with E-state index in [1.54, 1.807) is 13.0 Å². The number of nitrogens with zero attached hydrogens (tertiary/aromatic N) is 1. The van der Waals surface area contributed by atoms with Crippen molar-refractivity contribution in [3.05, 3.63) is 41.3 Å². The highest BCUT2D eigenvalue weighted by Gasteiger charge is 2.10. The first-order chi connectivity index (χ1) is 12.6. The smallest absolute Gasteiger partial charge is 0.196 e. The van der Waals surface area contributed by atoms with Crippen LogP contribution in [0.5, 0.6) is 11.5 Å². The molecule has 1 N–H and O–H groups in total. The third kappa shape index (κ3) is 6.09. The highest BCUT2D eigenvalue weighted by molar-refractivity contribution is 7.99. The zero-order chi connectivity index (χ0) is 19.5. The van der Waals surface area contributed by atoms with Crippen LogP contribution in [0.15, 0.2) is 29.2 Å². The molecule has 0 atom stereocenters. The van der Waals surface area contributed by atoms with Crippen LogP contribution in [0.25, 0.3) is 0 Å². The maximum absolute atomic E-state index is 13.1. The lowest BCUT2D eigenvalue weighted by molar-refractivity contribution is 0.337. The summed E-state index contributed by atoms with van der Waals surface area (Å²) in [5, 5.41) is 3.31. The second-order valence-electron chi connectivity index (χ2n) is 5.26. The van der Waals surface area contributed by atoms with Gasteiger partial charge in [0.1, 0.15) is 5.82 Å². The Morgan fingerprint density at radius 3 is 2.54 bits per heavy atom. The van der Waals surface area contributed by atoms with E-state index in [9.17, 15) is 4.39 Å². The van der Waals surface area contributed by atoms with Crippen LogP contribution in [0.1, 0.15) is 32.0 Å². The lowest BCUT2D eigenvalue weighted by Gasteiger charge is -2.16. The highest BCUT2D eigenvalue weighted by Crippen LogP contribution is 2.31. The lowest BCUT2D eigenvalue weighted by Crippen LogP contribution is -2.12. The molecule has 0 saturated heterocycles. The molecule has 26 heavy (non-hydrogen) atoms. The predicted octanol–water partition coefficient (Wildman–Crippen LogP) is 5.34. The molecular weight excluding hydrogens is 351 g/mol. The van der Waals surface area contributed by atoms with Crippen molar-refractivity contribution in [3.8, 4) is 11.5 Å². The number of anilines is 1. The Hall–Kier alpha value is -1.95. The molecule has 0 spiro atoms. The molecule has 1 aliphatic heterocycles. The molecule has 6 heteroatoms. The van der Waals surface area contributed by atoms with Gasteiger partial charge in [-0.15, -0.1) is 11.8 Å². The summed E-state index contributed by atoms with van der Waals surface area (Å²) in [4.78, 5) is 5.79. The number of halogens is 1. The summed E-state index contributed by atoms with van der Waals surface area (Å²) in [7, 11) is 2.90. The number of benzene rings is 1. The second-order valence-corrected chi connectivity index (χ2v) is 6.40. The van der Waals surface area contributed by atoms with Gasteiger partial charge < -0.3 is 14.8 Å². The zero-order valence-corrected chi connectivity index (χ0v) is 17.3. The third-order valence-corrected chi connectivity index (χ3v) is 4.56. The van der Waals surface area contributed by atoms with E-state index in [4.69, 9.17) is 9.47 Å². The number of hydrogen-bond donors (Lipinski definition) is 1. The quantitative estimate of drug-likeness (QED) is 0.779. The molecular formula is C20H29FN2O2S. The summed E-state index contributed by atoms with van der Waals surface area (Å²) >= 11 is 1.88. The first-order valence-electron chi connectivity index (χ1n) is 8.83. The first kappa shape index (κ1) is 22.1. The fraction of sp³-hybridized carbons (Fsp3) is 0.450. The molecule has 0 aliphatic carbocycles. The number of rotatable bonds is 3. The first-order valence-corrected chi connectivity index (χ1v) is 9.82. The van der Waals surface area contributed by atoms with E-state index in [0.29, 0.717) is 5.75 Å². The van der Waals surface area contributed by atoms with Crippen LogP contribution in [0, 0.1) is 12.7 Å². The molecule has 2 heterocycles. The van der Waals surface area contributed by atoms with Gasteiger partial charge in [0.15, 0.2) is 17.3 Å². The number of thioether (sulfide) groups is 1. The van der Waals surface area contributed by atoms with E-state index in [2.05, 4.69) is 29.4 Å². The summed E-state index contributed by atoms with van der Waals surface area (Å²) in [5.74, 6) is 2.42. The van der Waals surface area contributed by atoms with Gasteiger partial charge >= 0.3 is 0 Å². The zero-order valence-electron chi connectivity index (χ0n) is 16.5. The Labute approximate surface area is 160 Å². The normalized spacial score (nSPS) is 11.7. The molecule has 1 aromatic heterocycles. The highest BCUT2D eigenvalue weighted by atomic mass is 32.2. The minimum atomic E-state index is -0.394. The van der Waals surface area contributed by atoms with Crippen LogP contribution < -0.4 is 14.8 Å². The summed E-state index contributed by atoms with van der Waals surface area (Å²) in [6, 6.07) is 7.40. The van der Waals surface area contributed by atoms with Gasteiger partial charge in [0, 0.05) is 22.9 Å². The number of pyridine rings is 1. The van der Waals surface area contributed by atoms with Gasteiger partial charge in [0.25, 0.3) is 0 Å². The van der Waals surface area contributed by atoms with Crippen molar-refractivity contribution in [1.82, 2.24) is 4.98 Å². The van der Waals surface area contributed by atoms with E-state index in [-0.39, 0.29) is 5.75 Å². The van der Waals surface area contributed by atoms with Gasteiger partial charge in [-0.3, -0.25) is 0 Å². The minimum Gasteiger partial charge on any atom is -0.493 e. The average Bonchev–Trinajstić information content (AvgIpc) is 2.69. The topological polar surface area (TPSA) is 43.4 Å². The van der Waals surface area contributed by atoms with Gasteiger partial charge in [0.2, 0.25) is 0 Å². The Kier molecular flexibility index (Phi) is 9.88. The van der Waals surface area contributed by atoms with Crippen molar-refractivity contribution in [2.75, 3.05) is 31.8 Å². The van der Waals surface area contributed by atoms with Crippen molar-refractivity contribution >= 4 is 17.6 Å². The lowest BCUT2D eigenvalue weighted by atomic mass is 10.2.